The standard InChI is InChI=1S/C15H16N2O3S/c1-17-21(19,20)13-7-4-5-11(10-13)9-12-6-2-3-8-14(12)15(16)18/h2-8,10,17H,9H2,1H3,(H2,16,18). The highest BCUT2D eigenvalue weighted by Gasteiger charge is 2.13. The summed E-state index contributed by atoms with van der Waals surface area (Å²) in [5, 5.41) is 0. The van der Waals surface area contributed by atoms with Gasteiger partial charge in [0, 0.05) is 5.56 Å². The number of benzene rings is 2. The van der Waals surface area contributed by atoms with Crippen LogP contribution in [0.5, 0.6) is 0 Å². The van der Waals surface area contributed by atoms with E-state index in [-0.39, 0.29) is 4.90 Å². The summed E-state index contributed by atoms with van der Waals surface area (Å²) in [5.41, 5.74) is 7.35. The zero-order valence-corrected chi connectivity index (χ0v) is 12.4. The molecule has 1 amide bonds. The lowest BCUT2D eigenvalue weighted by Crippen LogP contribution is -2.18. The van der Waals surface area contributed by atoms with Crippen LogP contribution in [0.2, 0.25) is 0 Å². The van der Waals surface area contributed by atoms with E-state index >= 15 is 0 Å². The van der Waals surface area contributed by atoms with E-state index in [0.29, 0.717) is 12.0 Å². The highest BCUT2D eigenvalue weighted by atomic mass is 32.2. The lowest BCUT2D eigenvalue weighted by atomic mass is 9.99. The van der Waals surface area contributed by atoms with Crippen molar-refractivity contribution < 1.29 is 13.2 Å². The number of carbonyl (C=O) groups is 1. The molecule has 0 aliphatic rings. The quantitative estimate of drug-likeness (QED) is 0.872. The maximum atomic E-state index is 11.8. The van der Waals surface area contributed by atoms with Gasteiger partial charge in [-0.1, -0.05) is 30.3 Å². The average molecular weight is 304 g/mol. The van der Waals surface area contributed by atoms with Crippen molar-refractivity contribution in [2.45, 2.75) is 11.3 Å². The first-order chi connectivity index (χ1) is 9.94. The molecule has 0 aliphatic carbocycles. The van der Waals surface area contributed by atoms with E-state index in [1.807, 2.05) is 12.1 Å². The zero-order valence-electron chi connectivity index (χ0n) is 11.5. The summed E-state index contributed by atoms with van der Waals surface area (Å²) in [6.45, 7) is 0. The molecule has 6 heteroatoms. The molecule has 0 saturated heterocycles. The van der Waals surface area contributed by atoms with Gasteiger partial charge in [-0.25, -0.2) is 13.1 Å². The van der Waals surface area contributed by atoms with Crippen molar-refractivity contribution in [3.63, 3.8) is 0 Å². The van der Waals surface area contributed by atoms with Crippen molar-refractivity contribution in [3.8, 4) is 0 Å². The largest absolute Gasteiger partial charge is 0.366 e. The predicted molar refractivity (Wildman–Crippen MR) is 80.5 cm³/mol. The number of carbonyl (C=O) groups excluding carboxylic acids is 1. The fourth-order valence-corrected chi connectivity index (χ4v) is 2.88. The Kier molecular flexibility index (Phi) is 4.40. The summed E-state index contributed by atoms with van der Waals surface area (Å²) in [6, 6.07) is 13.6. The molecular formula is C15H16N2O3S. The predicted octanol–water partition coefficient (Wildman–Crippen LogP) is 1.28. The average Bonchev–Trinajstić information content (AvgIpc) is 2.48. The van der Waals surface area contributed by atoms with Gasteiger partial charge < -0.3 is 5.73 Å². The van der Waals surface area contributed by atoms with Crippen LogP contribution in [0.3, 0.4) is 0 Å². The van der Waals surface area contributed by atoms with Gasteiger partial charge in [0.2, 0.25) is 15.9 Å². The molecule has 0 saturated carbocycles. The molecule has 0 fully saturated rings. The van der Waals surface area contributed by atoms with Crippen molar-refractivity contribution in [3.05, 3.63) is 65.2 Å². The topological polar surface area (TPSA) is 89.3 Å². The highest BCUT2D eigenvalue weighted by molar-refractivity contribution is 7.89. The van der Waals surface area contributed by atoms with Crippen LogP contribution in [0.25, 0.3) is 0 Å². The molecule has 110 valence electrons. The van der Waals surface area contributed by atoms with E-state index in [0.717, 1.165) is 11.1 Å². The number of hydrogen-bond acceptors (Lipinski definition) is 3. The molecule has 5 nitrogen and oxygen atoms in total. The summed E-state index contributed by atoms with van der Waals surface area (Å²) in [5.74, 6) is -0.496. The van der Waals surface area contributed by atoms with E-state index in [1.54, 1.807) is 30.3 Å². The molecule has 0 aliphatic heterocycles. The second-order valence-corrected chi connectivity index (χ2v) is 6.44. The summed E-state index contributed by atoms with van der Waals surface area (Å²) < 4.78 is 25.9. The summed E-state index contributed by atoms with van der Waals surface area (Å²) >= 11 is 0. The summed E-state index contributed by atoms with van der Waals surface area (Å²) in [4.78, 5) is 11.6. The van der Waals surface area contributed by atoms with Crippen LogP contribution in [0, 0.1) is 0 Å². The number of sulfonamides is 1. The van der Waals surface area contributed by atoms with Crippen molar-refractivity contribution in [2.75, 3.05) is 7.05 Å². The van der Waals surface area contributed by atoms with Gasteiger partial charge in [-0.15, -0.1) is 0 Å². The van der Waals surface area contributed by atoms with E-state index in [4.69, 9.17) is 5.73 Å². The second-order valence-electron chi connectivity index (χ2n) is 4.55. The lowest BCUT2D eigenvalue weighted by molar-refractivity contribution is 0.0999. The molecule has 0 radical (unpaired) electrons. The highest BCUT2D eigenvalue weighted by Crippen LogP contribution is 2.17. The van der Waals surface area contributed by atoms with Crippen LogP contribution in [0.1, 0.15) is 21.5 Å². The van der Waals surface area contributed by atoms with Gasteiger partial charge in [-0.2, -0.15) is 0 Å². The number of hydrogen-bond donors (Lipinski definition) is 2. The Hall–Kier alpha value is -2.18. The van der Waals surface area contributed by atoms with Gasteiger partial charge in [0.15, 0.2) is 0 Å². The van der Waals surface area contributed by atoms with Crippen molar-refractivity contribution in [2.24, 2.45) is 5.73 Å². The molecule has 2 rings (SSSR count). The van der Waals surface area contributed by atoms with E-state index in [2.05, 4.69) is 4.72 Å². The van der Waals surface area contributed by atoms with Crippen molar-refractivity contribution in [1.82, 2.24) is 4.72 Å². The van der Waals surface area contributed by atoms with E-state index < -0.39 is 15.9 Å². The van der Waals surface area contributed by atoms with Gasteiger partial charge in [0.05, 0.1) is 4.90 Å². The SMILES string of the molecule is CNS(=O)(=O)c1cccc(Cc2ccccc2C(N)=O)c1. The number of nitrogens with one attached hydrogen (secondary N) is 1. The number of amides is 1. The molecule has 21 heavy (non-hydrogen) atoms. The Balaban J connectivity index is 2.38. The van der Waals surface area contributed by atoms with E-state index in [9.17, 15) is 13.2 Å². The molecule has 0 bridgehead atoms. The third kappa shape index (κ3) is 3.48. The van der Waals surface area contributed by atoms with Gasteiger partial charge >= 0.3 is 0 Å². The Morgan fingerprint density at radius 2 is 1.86 bits per heavy atom. The van der Waals surface area contributed by atoms with Crippen LogP contribution in [0.15, 0.2) is 53.4 Å². The van der Waals surface area contributed by atoms with Crippen molar-refractivity contribution in [1.29, 1.82) is 0 Å². The maximum Gasteiger partial charge on any atom is 0.248 e. The molecule has 3 N–H and O–H groups in total. The van der Waals surface area contributed by atoms with E-state index in [1.165, 1.54) is 13.1 Å². The molecule has 0 spiro atoms. The minimum atomic E-state index is -3.48. The van der Waals surface area contributed by atoms with Gasteiger partial charge in [-0.3, -0.25) is 4.79 Å². The first-order valence-corrected chi connectivity index (χ1v) is 7.82. The Morgan fingerprint density at radius 3 is 2.52 bits per heavy atom. The lowest BCUT2D eigenvalue weighted by Gasteiger charge is -2.08. The molecule has 2 aromatic carbocycles. The summed E-state index contributed by atoms with van der Waals surface area (Å²) in [7, 11) is -2.12. The fourth-order valence-electron chi connectivity index (χ4n) is 2.08. The summed E-state index contributed by atoms with van der Waals surface area (Å²) in [6.07, 6.45) is 0.437. The number of rotatable bonds is 5. The fraction of sp³-hybridized carbons (Fsp3) is 0.133. The monoisotopic (exact) mass is 304 g/mol. The minimum absolute atomic E-state index is 0.194. The van der Waals surface area contributed by atoms with Crippen LogP contribution >= 0.6 is 0 Å². The smallest absolute Gasteiger partial charge is 0.248 e. The van der Waals surface area contributed by atoms with Crippen LogP contribution in [0.4, 0.5) is 0 Å². The molecule has 0 heterocycles. The van der Waals surface area contributed by atoms with Gasteiger partial charge in [0.1, 0.15) is 0 Å². The molecule has 2 aromatic rings. The first-order valence-electron chi connectivity index (χ1n) is 6.34. The Morgan fingerprint density at radius 1 is 1.14 bits per heavy atom. The number of primary amides is 1. The number of nitrogens with two attached hydrogens (primary N) is 1. The molecular weight excluding hydrogens is 288 g/mol. The van der Waals surface area contributed by atoms with Crippen LogP contribution in [-0.2, 0) is 16.4 Å². The van der Waals surface area contributed by atoms with Gasteiger partial charge in [-0.05, 0) is 42.8 Å². The van der Waals surface area contributed by atoms with Crippen LogP contribution < -0.4 is 10.5 Å². The van der Waals surface area contributed by atoms with Crippen molar-refractivity contribution >= 4 is 15.9 Å². The Labute approximate surface area is 123 Å². The molecule has 0 atom stereocenters. The third-order valence-electron chi connectivity index (χ3n) is 3.15. The second kappa shape index (κ2) is 6.07. The normalized spacial score (nSPS) is 11.3. The van der Waals surface area contributed by atoms with Crippen LogP contribution in [-0.4, -0.2) is 21.4 Å². The Bertz CT molecular complexity index is 770. The first kappa shape index (κ1) is 15.2. The molecule has 0 unspecified atom stereocenters. The minimum Gasteiger partial charge on any atom is -0.366 e. The van der Waals surface area contributed by atoms with Gasteiger partial charge in [0.25, 0.3) is 0 Å². The third-order valence-corrected chi connectivity index (χ3v) is 4.57. The zero-order chi connectivity index (χ0) is 15.5. The maximum absolute atomic E-state index is 11.8. The molecule has 0 aromatic heterocycles.